The fraction of sp³-hybridized carbons (Fsp3) is 0.680. The molecule has 18 nitrogen and oxygen atoms in total. The zero-order chi connectivity index (χ0) is 33.3. The van der Waals surface area contributed by atoms with Gasteiger partial charge in [0.15, 0.2) is 5.96 Å². The number of aliphatic imine (C=N–C) groups is 1. The van der Waals surface area contributed by atoms with Gasteiger partial charge in [-0.25, -0.2) is 4.79 Å². The molecule has 13 N–H and O–H groups in total. The second kappa shape index (κ2) is 19.6. The van der Waals surface area contributed by atoms with Crippen LogP contribution in [0.4, 0.5) is 0 Å². The monoisotopic (exact) mass is 615 g/mol. The molecule has 0 aliphatic carbocycles. The van der Waals surface area contributed by atoms with Crippen molar-refractivity contribution in [1.82, 2.24) is 26.6 Å². The van der Waals surface area contributed by atoms with E-state index < -0.39 is 84.6 Å². The quantitative estimate of drug-likeness (QED) is 0.0362. The van der Waals surface area contributed by atoms with Gasteiger partial charge in [-0.15, -0.1) is 0 Å². The number of hydrogen-bond acceptors (Lipinski definition) is 9. The maximum Gasteiger partial charge on any atom is 0.326 e. The number of carbonyl (C=O) groups is 7. The Morgan fingerprint density at radius 3 is 1.84 bits per heavy atom. The Labute approximate surface area is 249 Å². The van der Waals surface area contributed by atoms with E-state index in [2.05, 4.69) is 31.6 Å². The van der Waals surface area contributed by atoms with Gasteiger partial charge in [0.05, 0.1) is 12.6 Å². The summed E-state index contributed by atoms with van der Waals surface area (Å²) >= 11 is 0. The molecule has 0 rings (SSSR count). The summed E-state index contributed by atoms with van der Waals surface area (Å²) in [7, 11) is 0. The molecular weight excluding hydrogens is 570 g/mol. The highest BCUT2D eigenvalue weighted by atomic mass is 16.4. The predicted octanol–water partition coefficient (Wildman–Crippen LogP) is -3.54. The summed E-state index contributed by atoms with van der Waals surface area (Å²) in [6.07, 6.45) is -0.527. The van der Waals surface area contributed by atoms with Crippen LogP contribution in [-0.2, 0) is 33.6 Å². The van der Waals surface area contributed by atoms with E-state index in [0.29, 0.717) is 0 Å². The Kier molecular flexibility index (Phi) is 17.6. The first-order valence-corrected chi connectivity index (χ1v) is 13.7. The Morgan fingerprint density at radius 1 is 0.744 bits per heavy atom. The van der Waals surface area contributed by atoms with Crippen LogP contribution in [-0.4, -0.2) is 101 Å². The molecule has 0 heterocycles. The van der Waals surface area contributed by atoms with E-state index >= 15 is 0 Å². The van der Waals surface area contributed by atoms with Crippen LogP contribution in [0.1, 0.15) is 59.8 Å². The smallest absolute Gasteiger partial charge is 0.326 e. The minimum Gasteiger partial charge on any atom is -0.481 e. The number of rotatable bonds is 20. The van der Waals surface area contributed by atoms with E-state index in [4.69, 9.17) is 22.3 Å². The second-order valence-electron chi connectivity index (χ2n) is 10.3. The summed E-state index contributed by atoms with van der Waals surface area (Å²) in [5.74, 6) is -6.65. The third kappa shape index (κ3) is 17.2. The fourth-order valence-electron chi connectivity index (χ4n) is 3.52. The second-order valence-corrected chi connectivity index (χ2v) is 10.3. The molecule has 0 aromatic heterocycles. The molecule has 0 saturated heterocycles. The van der Waals surface area contributed by atoms with Crippen LogP contribution in [0.3, 0.4) is 0 Å². The van der Waals surface area contributed by atoms with Gasteiger partial charge in [-0.05, 0) is 45.4 Å². The predicted molar refractivity (Wildman–Crippen MR) is 154 cm³/mol. The lowest BCUT2D eigenvalue weighted by molar-refractivity contribution is -0.142. The number of amides is 5. The van der Waals surface area contributed by atoms with Gasteiger partial charge in [0.25, 0.3) is 0 Å². The fourth-order valence-corrected chi connectivity index (χ4v) is 3.52. The molecular formula is C25H45N9O9. The van der Waals surface area contributed by atoms with Gasteiger partial charge in [-0.1, -0.05) is 13.8 Å². The van der Waals surface area contributed by atoms with Gasteiger partial charge in [-0.3, -0.25) is 33.8 Å². The van der Waals surface area contributed by atoms with Crippen molar-refractivity contribution >= 4 is 47.4 Å². The number of nitrogens with zero attached hydrogens (tertiary/aromatic N) is 1. The average Bonchev–Trinajstić information content (AvgIpc) is 2.89. The van der Waals surface area contributed by atoms with Gasteiger partial charge < -0.3 is 54.0 Å². The minimum absolute atomic E-state index is 0.0263. The van der Waals surface area contributed by atoms with Crippen LogP contribution in [0.2, 0.25) is 0 Å². The molecule has 0 unspecified atom stereocenters. The van der Waals surface area contributed by atoms with Crippen molar-refractivity contribution in [3.8, 4) is 0 Å². The Morgan fingerprint density at radius 2 is 1.33 bits per heavy atom. The van der Waals surface area contributed by atoms with Crippen molar-refractivity contribution in [2.75, 3.05) is 13.1 Å². The molecule has 18 heteroatoms. The van der Waals surface area contributed by atoms with E-state index in [0.717, 1.165) is 0 Å². The minimum atomic E-state index is -1.41. The number of carbonyl (C=O) groups excluding carboxylic acids is 5. The number of carboxylic acid groups (broad SMARTS) is 2. The van der Waals surface area contributed by atoms with E-state index in [1.54, 1.807) is 13.8 Å². The van der Waals surface area contributed by atoms with E-state index in [1.165, 1.54) is 13.8 Å². The third-order valence-electron chi connectivity index (χ3n) is 5.79. The van der Waals surface area contributed by atoms with E-state index in [1.807, 2.05) is 0 Å². The molecule has 0 aliphatic rings. The largest absolute Gasteiger partial charge is 0.481 e. The lowest BCUT2D eigenvalue weighted by Gasteiger charge is -2.24. The number of carboxylic acids is 2. The molecule has 0 saturated carbocycles. The van der Waals surface area contributed by atoms with Crippen molar-refractivity contribution in [2.24, 2.45) is 28.1 Å². The normalized spacial score (nSPS) is 14.2. The highest BCUT2D eigenvalue weighted by Crippen LogP contribution is 2.06. The Bertz CT molecular complexity index is 1030. The van der Waals surface area contributed by atoms with Crippen molar-refractivity contribution in [3.05, 3.63) is 0 Å². The third-order valence-corrected chi connectivity index (χ3v) is 5.79. The van der Waals surface area contributed by atoms with Crippen LogP contribution < -0.4 is 43.8 Å². The molecule has 0 spiro atoms. The maximum atomic E-state index is 13.1. The topological polar surface area (TPSA) is 311 Å². The number of hydrogen-bond donors (Lipinski definition) is 10. The average molecular weight is 616 g/mol. The summed E-state index contributed by atoms with van der Waals surface area (Å²) in [4.78, 5) is 89.3. The van der Waals surface area contributed by atoms with Crippen LogP contribution in [0, 0.1) is 5.92 Å². The molecule has 43 heavy (non-hydrogen) atoms. The lowest BCUT2D eigenvalue weighted by Crippen LogP contribution is -2.57. The molecule has 0 aromatic rings. The highest BCUT2D eigenvalue weighted by Gasteiger charge is 2.29. The zero-order valence-electron chi connectivity index (χ0n) is 24.8. The maximum absolute atomic E-state index is 13.1. The molecule has 0 aliphatic heterocycles. The van der Waals surface area contributed by atoms with Crippen molar-refractivity contribution < 1.29 is 43.8 Å². The molecule has 5 amide bonds. The molecule has 0 aromatic carbocycles. The highest BCUT2D eigenvalue weighted by molar-refractivity contribution is 5.95. The van der Waals surface area contributed by atoms with Gasteiger partial charge in [-0.2, -0.15) is 0 Å². The van der Waals surface area contributed by atoms with E-state index in [9.17, 15) is 38.7 Å². The standard InChI is InChI=1S/C25H45N9O9/c1-12(2)10-17(24(42)43)32-18(35)11-30-22(40)15(6-5-9-29-25(27)28)34-23(41)16(7-8-19(36)37)33-21(39)14(4)31-20(38)13(3)26/h12-17H,5-11,26H2,1-4H3,(H,30,40)(H,31,38)(H,32,35)(H,33,39)(H,34,41)(H,36,37)(H,42,43)(H4,27,28,29)/t13-,14-,15-,16-,17-/m0/s1. The summed E-state index contributed by atoms with van der Waals surface area (Å²) in [5.41, 5.74) is 16.1. The lowest BCUT2D eigenvalue weighted by atomic mass is 10.0. The van der Waals surface area contributed by atoms with Gasteiger partial charge in [0, 0.05) is 13.0 Å². The molecule has 0 bridgehead atoms. The van der Waals surface area contributed by atoms with Crippen LogP contribution >= 0.6 is 0 Å². The van der Waals surface area contributed by atoms with Crippen molar-refractivity contribution in [1.29, 1.82) is 0 Å². The Balaban J connectivity index is 5.66. The summed E-state index contributed by atoms with van der Waals surface area (Å²) in [6.45, 7) is 5.79. The van der Waals surface area contributed by atoms with Crippen molar-refractivity contribution in [3.63, 3.8) is 0 Å². The Hall–Kier alpha value is -4.48. The first-order valence-electron chi connectivity index (χ1n) is 13.7. The van der Waals surface area contributed by atoms with Gasteiger partial charge in [0.2, 0.25) is 29.5 Å². The van der Waals surface area contributed by atoms with Crippen LogP contribution in [0.25, 0.3) is 0 Å². The molecule has 5 atom stereocenters. The summed E-state index contributed by atoms with van der Waals surface area (Å²) < 4.78 is 0. The van der Waals surface area contributed by atoms with Gasteiger partial charge >= 0.3 is 11.9 Å². The first-order chi connectivity index (χ1) is 19.9. The number of nitrogens with one attached hydrogen (secondary N) is 5. The van der Waals surface area contributed by atoms with E-state index in [-0.39, 0.29) is 44.1 Å². The van der Waals surface area contributed by atoms with Crippen LogP contribution in [0.15, 0.2) is 4.99 Å². The number of guanidine groups is 1. The van der Waals surface area contributed by atoms with Gasteiger partial charge in [0.1, 0.15) is 24.2 Å². The summed E-state index contributed by atoms with van der Waals surface area (Å²) in [5, 5.41) is 30.2. The SMILES string of the molecule is CC(C)C[C@H](NC(=O)CNC(=O)[C@H](CCCN=C(N)N)NC(=O)[C@H](CCC(=O)O)NC(=O)[C@H](C)NC(=O)[C@H](C)N)C(=O)O. The summed E-state index contributed by atoms with van der Waals surface area (Å²) in [6, 6.07) is -5.90. The number of nitrogens with two attached hydrogens (primary N) is 3. The molecule has 0 fully saturated rings. The van der Waals surface area contributed by atoms with Crippen molar-refractivity contribution in [2.45, 2.75) is 90.0 Å². The first kappa shape index (κ1) is 38.5. The molecule has 244 valence electrons. The van der Waals surface area contributed by atoms with Crippen LogP contribution in [0.5, 0.6) is 0 Å². The molecule has 0 radical (unpaired) electrons. The number of aliphatic carboxylic acids is 2. The zero-order valence-corrected chi connectivity index (χ0v) is 24.8.